The van der Waals surface area contributed by atoms with Crippen LogP contribution in [-0.2, 0) is 30.2 Å². The summed E-state index contributed by atoms with van der Waals surface area (Å²) in [6, 6.07) is 3.40. The van der Waals surface area contributed by atoms with Crippen LogP contribution in [0.5, 0.6) is 0 Å². The third kappa shape index (κ3) is 2.89. The van der Waals surface area contributed by atoms with Gasteiger partial charge in [-0.05, 0) is 28.5 Å². The first-order chi connectivity index (χ1) is 8.95. The summed E-state index contributed by atoms with van der Waals surface area (Å²) in [5, 5.41) is 13.0. The van der Waals surface area contributed by atoms with Gasteiger partial charge in [-0.1, -0.05) is 0 Å². The first kappa shape index (κ1) is 14.3. The topological polar surface area (TPSA) is 62.5 Å². The number of rotatable bonds is 5. The molecule has 7 heteroatoms. The van der Waals surface area contributed by atoms with Crippen molar-refractivity contribution < 1.29 is 13.5 Å². The molecular weight excluding hydrogens is 284 g/mol. The van der Waals surface area contributed by atoms with Crippen LogP contribution in [0.4, 0.5) is 0 Å². The Bertz CT molecular complexity index is 645. The molecular formula is C12H16N2O3S2. The Morgan fingerprint density at radius 2 is 2.21 bits per heavy atom. The van der Waals surface area contributed by atoms with E-state index in [2.05, 4.69) is 0 Å². The van der Waals surface area contributed by atoms with Gasteiger partial charge in [0.1, 0.15) is 4.90 Å². The quantitative estimate of drug-likeness (QED) is 0.908. The second-order valence-corrected chi connectivity index (χ2v) is 7.15. The van der Waals surface area contributed by atoms with Gasteiger partial charge in [0, 0.05) is 32.5 Å². The molecule has 0 saturated carbocycles. The minimum Gasteiger partial charge on any atom is -0.390 e. The van der Waals surface area contributed by atoms with E-state index in [-0.39, 0.29) is 11.5 Å². The van der Waals surface area contributed by atoms with E-state index in [1.165, 1.54) is 27.9 Å². The van der Waals surface area contributed by atoms with Gasteiger partial charge in [-0.25, -0.2) is 8.42 Å². The lowest BCUT2D eigenvalue weighted by Crippen LogP contribution is -2.26. The van der Waals surface area contributed by atoms with Crippen LogP contribution >= 0.6 is 11.3 Å². The number of hydrogen-bond donors (Lipinski definition) is 1. The molecule has 0 aliphatic carbocycles. The van der Waals surface area contributed by atoms with Crippen LogP contribution in [0, 0.1) is 0 Å². The van der Waals surface area contributed by atoms with Crippen molar-refractivity contribution in [1.82, 2.24) is 8.87 Å². The number of sulfonamides is 1. The van der Waals surface area contributed by atoms with Crippen LogP contribution < -0.4 is 0 Å². The van der Waals surface area contributed by atoms with Crippen LogP contribution in [0.25, 0.3) is 0 Å². The standard InChI is InChI=1S/C12H16N2O3S2/c1-13-7-12(5-11(13)8-15)19(16,17)14(2)6-10-3-4-18-9-10/h3-5,7,9,15H,6,8H2,1-2H3. The average Bonchev–Trinajstić information content (AvgIpc) is 2.98. The van der Waals surface area contributed by atoms with E-state index in [0.29, 0.717) is 12.2 Å². The highest BCUT2D eigenvalue weighted by atomic mass is 32.2. The van der Waals surface area contributed by atoms with Crippen molar-refractivity contribution in [1.29, 1.82) is 0 Å². The van der Waals surface area contributed by atoms with Crippen LogP contribution in [-0.4, -0.2) is 29.4 Å². The van der Waals surface area contributed by atoms with Gasteiger partial charge in [0.15, 0.2) is 0 Å². The summed E-state index contributed by atoms with van der Waals surface area (Å²) in [5.41, 5.74) is 1.54. The number of aromatic nitrogens is 1. The van der Waals surface area contributed by atoms with Crippen molar-refractivity contribution in [2.75, 3.05) is 7.05 Å². The summed E-state index contributed by atoms with van der Waals surface area (Å²) in [6.45, 7) is 0.162. The normalized spacial score (nSPS) is 12.2. The Hall–Kier alpha value is -1.15. The SMILES string of the molecule is CN(Cc1ccsc1)S(=O)(=O)c1cc(CO)n(C)c1. The molecule has 2 aromatic heterocycles. The van der Waals surface area contributed by atoms with Gasteiger partial charge < -0.3 is 9.67 Å². The van der Waals surface area contributed by atoms with Gasteiger partial charge in [0.2, 0.25) is 10.0 Å². The van der Waals surface area contributed by atoms with Gasteiger partial charge >= 0.3 is 0 Å². The molecule has 2 rings (SSSR count). The van der Waals surface area contributed by atoms with Crippen molar-refractivity contribution in [3.05, 3.63) is 40.3 Å². The number of nitrogens with zero attached hydrogens (tertiary/aromatic N) is 2. The van der Waals surface area contributed by atoms with Gasteiger partial charge in [-0.2, -0.15) is 15.6 Å². The minimum absolute atomic E-state index is 0.180. The van der Waals surface area contributed by atoms with Gasteiger partial charge in [-0.3, -0.25) is 0 Å². The molecule has 0 saturated heterocycles. The van der Waals surface area contributed by atoms with E-state index in [4.69, 9.17) is 5.11 Å². The third-order valence-electron chi connectivity index (χ3n) is 2.94. The molecule has 0 amide bonds. The zero-order valence-electron chi connectivity index (χ0n) is 10.8. The number of aliphatic hydroxyl groups is 1. The molecule has 19 heavy (non-hydrogen) atoms. The number of hydrogen-bond acceptors (Lipinski definition) is 4. The minimum atomic E-state index is -3.52. The molecule has 2 aromatic rings. The van der Waals surface area contributed by atoms with Gasteiger partial charge in [0.05, 0.1) is 6.61 Å². The maximum Gasteiger partial charge on any atom is 0.244 e. The first-order valence-corrected chi connectivity index (χ1v) is 8.07. The largest absolute Gasteiger partial charge is 0.390 e. The monoisotopic (exact) mass is 300 g/mol. The molecule has 0 atom stereocenters. The lowest BCUT2D eigenvalue weighted by Gasteiger charge is -2.15. The lowest BCUT2D eigenvalue weighted by atomic mass is 10.3. The zero-order valence-corrected chi connectivity index (χ0v) is 12.4. The first-order valence-electron chi connectivity index (χ1n) is 5.68. The van der Waals surface area contributed by atoms with Crippen LogP contribution in [0.1, 0.15) is 11.3 Å². The molecule has 0 fully saturated rings. The average molecular weight is 300 g/mol. The Morgan fingerprint density at radius 1 is 1.47 bits per heavy atom. The maximum absolute atomic E-state index is 12.4. The number of thiophene rings is 1. The summed E-state index contributed by atoms with van der Waals surface area (Å²) in [5.74, 6) is 0. The maximum atomic E-state index is 12.4. The lowest BCUT2D eigenvalue weighted by molar-refractivity contribution is 0.272. The fourth-order valence-electron chi connectivity index (χ4n) is 1.78. The van der Waals surface area contributed by atoms with E-state index >= 15 is 0 Å². The van der Waals surface area contributed by atoms with Crippen molar-refractivity contribution in [3.63, 3.8) is 0 Å². The number of aryl methyl sites for hydroxylation is 1. The summed E-state index contributed by atoms with van der Waals surface area (Å²) in [6.07, 6.45) is 1.52. The van der Waals surface area contributed by atoms with Gasteiger partial charge in [0.25, 0.3) is 0 Å². The number of aliphatic hydroxyl groups excluding tert-OH is 1. The molecule has 0 radical (unpaired) electrons. The molecule has 1 N–H and O–H groups in total. The van der Waals surface area contributed by atoms with Crippen molar-refractivity contribution >= 4 is 21.4 Å². The summed E-state index contributed by atoms with van der Waals surface area (Å²) in [7, 11) is -0.255. The Morgan fingerprint density at radius 3 is 2.74 bits per heavy atom. The van der Waals surface area contributed by atoms with Crippen LogP contribution in [0.2, 0.25) is 0 Å². The molecule has 0 spiro atoms. The van der Waals surface area contributed by atoms with Crippen molar-refractivity contribution in [2.45, 2.75) is 18.0 Å². The van der Waals surface area contributed by atoms with E-state index in [1.54, 1.807) is 18.7 Å². The highest BCUT2D eigenvalue weighted by Gasteiger charge is 2.23. The van der Waals surface area contributed by atoms with E-state index in [9.17, 15) is 8.42 Å². The predicted molar refractivity (Wildman–Crippen MR) is 74.3 cm³/mol. The van der Waals surface area contributed by atoms with Crippen LogP contribution in [0.3, 0.4) is 0 Å². The molecule has 0 unspecified atom stereocenters. The third-order valence-corrected chi connectivity index (χ3v) is 5.44. The fraction of sp³-hybridized carbons (Fsp3) is 0.333. The molecule has 0 aromatic carbocycles. The van der Waals surface area contributed by atoms with Crippen molar-refractivity contribution in [2.24, 2.45) is 7.05 Å². The zero-order chi connectivity index (χ0) is 14.0. The highest BCUT2D eigenvalue weighted by molar-refractivity contribution is 7.89. The smallest absolute Gasteiger partial charge is 0.244 e. The molecule has 0 bridgehead atoms. The highest BCUT2D eigenvalue weighted by Crippen LogP contribution is 2.20. The second kappa shape index (κ2) is 5.46. The van der Waals surface area contributed by atoms with Crippen molar-refractivity contribution in [3.8, 4) is 0 Å². The predicted octanol–water partition coefficient (Wildman–Crippen LogP) is 1.40. The molecule has 0 aliphatic rings. The van der Waals surface area contributed by atoms with E-state index < -0.39 is 10.0 Å². The summed E-state index contributed by atoms with van der Waals surface area (Å²) in [4.78, 5) is 0.205. The second-order valence-electron chi connectivity index (χ2n) is 4.33. The van der Waals surface area contributed by atoms with E-state index in [0.717, 1.165) is 5.56 Å². The summed E-state index contributed by atoms with van der Waals surface area (Å²) < 4.78 is 27.7. The summed E-state index contributed by atoms with van der Waals surface area (Å²) >= 11 is 1.54. The molecule has 104 valence electrons. The molecule has 5 nitrogen and oxygen atoms in total. The Labute approximate surface area is 116 Å². The molecule has 0 aliphatic heterocycles. The molecule has 2 heterocycles. The van der Waals surface area contributed by atoms with E-state index in [1.807, 2.05) is 16.8 Å². The Balaban J connectivity index is 2.25. The van der Waals surface area contributed by atoms with Gasteiger partial charge in [-0.15, -0.1) is 0 Å². The van der Waals surface area contributed by atoms with Crippen LogP contribution in [0.15, 0.2) is 34.0 Å². The fourth-order valence-corrected chi connectivity index (χ4v) is 3.69. The Kier molecular flexibility index (Phi) is 4.10.